The molecule has 0 saturated heterocycles. The minimum absolute atomic E-state index is 0.757. The second-order valence-corrected chi connectivity index (χ2v) is 5.61. The van der Waals surface area contributed by atoms with Crippen LogP contribution >= 0.6 is 0 Å². The number of aliphatic hydroxyl groups is 1. The van der Waals surface area contributed by atoms with Crippen LogP contribution in [0.3, 0.4) is 0 Å². The number of rotatable bonds is 1. The van der Waals surface area contributed by atoms with E-state index in [-0.39, 0.29) is 0 Å². The number of aromatic nitrogens is 1. The van der Waals surface area contributed by atoms with Gasteiger partial charge < -0.3 is 10.1 Å². The third-order valence-electron chi connectivity index (χ3n) is 3.80. The predicted octanol–water partition coefficient (Wildman–Crippen LogP) is 3.27. The lowest BCUT2D eigenvalue weighted by atomic mass is 9.92. The number of fused-ring (bicyclic) bond motifs is 3. The van der Waals surface area contributed by atoms with Gasteiger partial charge in [-0.05, 0) is 62.8 Å². The van der Waals surface area contributed by atoms with Gasteiger partial charge >= 0.3 is 0 Å². The highest BCUT2D eigenvalue weighted by Crippen LogP contribution is 2.31. The molecule has 90 valence electrons. The summed E-state index contributed by atoms with van der Waals surface area (Å²) < 4.78 is 0. The van der Waals surface area contributed by atoms with Crippen LogP contribution in [0.2, 0.25) is 0 Å². The lowest BCUT2D eigenvalue weighted by molar-refractivity contribution is 0.0787. The lowest BCUT2D eigenvalue weighted by Gasteiger charge is -2.18. The van der Waals surface area contributed by atoms with Crippen LogP contribution in [0.15, 0.2) is 18.2 Å². The van der Waals surface area contributed by atoms with Crippen LogP contribution in [-0.4, -0.2) is 10.1 Å². The van der Waals surface area contributed by atoms with E-state index in [0.29, 0.717) is 0 Å². The quantitative estimate of drug-likeness (QED) is 0.773. The van der Waals surface area contributed by atoms with Crippen molar-refractivity contribution >= 4 is 10.9 Å². The smallest absolute Gasteiger partial charge is 0.0840 e. The van der Waals surface area contributed by atoms with Gasteiger partial charge in [-0.1, -0.05) is 6.07 Å². The van der Waals surface area contributed by atoms with Crippen molar-refractivity contribution in [3.63, 3.8) is 0 Å². The highest BCUT2D eigenvalue weighted by Gasteiger charge is 2.19. The molecule has 0 saturated carbocycles. The summed E-state index contributed by atoms with van der Waals surface area (Å²) in [4.78, 5) is 3.51. The van der Waals surface area contributed by atoms with Crippen LogP contribution in [-0.2, 0) is 18.4 Å². The highest BCUT2D eigenvalue weighted by molar-refractivity contribution is 5.85. The largest absolute Gasteiger partial charge is 0.386 e. The summed E-state index contributed by atoms with van der Waals surface area (Å²) in [6.45, 7) is 3.68. The third-order valence-corrected chi connectivity index (χ3v) is 3.80. The molecule has 1 heterocycles. The van der Waals surface area contributed by atoms with E-state index in [1.54, 1.807) is 0 Å². The molecule has 2 N–H and O–H groups in total. The molecular weight excluding hydrogens is 210 g/mol. The Morgan fingerprint density at radius 1 is 1.18 bits per heavy atom. The molecule has 0 radical (unpaired) electrons. The van der Waals surface area contributed by atoms with Crippen molar-refractivity contribution in [1.29, 1.82) is 0 Å². The molecule has 0 atom stereocenters. The topological polar surface area (TPSA) is 36.0 Å². The van der Waals surface area contributed by atoms with E-state index in [1.165, 1.54) is 47.8 Å². The van der Waals surface area contributed by atoms with Crippen molar-refractivity contribution in [1.82, 2.24) is 4.98 Å². The van der Waals surface area contributed by atoms with Gasteiger partial charge in [0.1, 0.15) is 0 Å². The number of benzene rings is 1. The Morgan fingerprint density at radius 3 is 2.71 bits per heavy atom. The molecule has 0 fully saturated rings. The minimum atomic E-state index is -0.757. The average Bonchev–Trinajstić information content (AvgIpc) is 2.65. The van der Waals surface area contributed by atoms with Gasteiger partial charge in [-0.3, -0.25) is 0 Å². The van der Waals surface area contributed by atoms with Crippen LogP contribution < -0.4 is 0 Å². The van der Waals surface area contributed by atoms with Gasteiger partial charge in [0.25, 0.3) is 0 Å². The summed E-state index contributed by atoms with van der Waals surface area (Å²) >= 11 is 0. The van der Waals surface area contributed by atoms with Crippen LogP contribution in [0.25, 0.3) is 10.9 Å². The van der Waals surface area contributed by atoms with Gasteiger partial charge in [0.05, 0.1) is 5.60 Å². The molecule has 0 amide bonds. The Morgan fingerprint density at radius 2 is 1.94 bits per heavy atom. The lowest BCUT2D eigenvalue weighted by Crippen LogP contribution is -2.15. The molecule has 1 aliphatic carbocycles. The zero-order valence-electron chi connectivity index (χ0n) is 10.5. The molecule has 0 unspecified atom stereocenters. The summed E-state index contributed by atoms with van der Waals surface area (Å²) in [5, 5.41) is 11.4. The first-order valence-electron chi connectivity index (χ1n) is 6.42. The monoisotopic (exact) mass is 229 g/mol. The van der Waals surface area contributed by atoms with Crippen LogP contribution in [0.1, 0.15) is 43.5 Å². The fraction of sp³-hybridized carbons (Fsp3) is 0.467. The number of hydrogen-bond donors (Lipinski definition) is 2. The van der Waals surface area contributed by atoms with E-state index in [2.05, 4.69) is 17.1 Å². The first-order valence-corrected chi connectivity index (χ1v) is 6.42. The average molecular weight is 229 g/mol. The molecule has 0 bridgehead atoms. The van der Waals surface area contributed by atoms with Gasteiger partial charge in [0.15, 0.2) is 0 Å². The van der Waals surface area contributed by atoms with Crippen molar-refractivity contribution in [3.8, 4) is 0 Å². The van der Waals surface area contributed by atoms with E-state index in [9.17, 15) is 5.11 Å². The zero-order valence-corrected chi connectivity index (χ0v) is 10.5. The maximum absolute atomic E-state index is 10.1. The van der Waals surface area contributed by atoms with E-state index in [4.69, 9.17) is 0 Å². The number of aromatic amines is 1. The van der Waals surface area contributed by atoms with Crippen molar-refractivity contribution in [3.05, 3.63) is 35.0 Å². The standard InChI is InChI=1S/C15H19NO/c1-15(2,17)10-7-8-14-12(9-10)11-5-3-4-6-13(11)16-14/h7-9,16-17H,3-6H2,1-2H3. The molecule has 2 aromatic rings. The molecule has 2 heteroatoms. The summed E-state index contributed by atoms with van der Waals surface area (Å²) in [7, 11) is 0. The third kappa shape index (κ3) is 1.77. The van der Waals surface area contributed by atoms with Gasteiger partial charge in [-0.2, -0.15) is 0 Å². The fourth-order valence-electron chi connectivity index (χ4n) is 2.79. The Hall–Kier alpha value is -1.28. The molecule has 1 aromatic heterocycles. The second kappa shape index (κ2) is 3.61. The van der Waals surface area contributed by atoms with E-state index in [0.717, 1.165) is 5.56 Å². The minimum Gasteiger partial charge on any atom is -0.386 e. The summed E-state index contributed by atoms with van der Waals surface area (Å²) in [5.41, 5.74) is 4.33. The second-order valence-electron chi connectivity index (χ2n) is 5.61. The maximum Gasteiger partial charge on any atom is 0.0840 e. The normalized spacial score (nSPS) is 16.2. The summed E-state index contributed by atoms with van der Waals surface area (Å²) in [6.07, 6.45) is 4.91. The Labute approximate surface area is 102 Å². The van der Waals surface area contributed by atoms with Gasteiger partial charge in [-0.15, -0.1) is 0 Å². The molecule has 1 aliphatic rings. The first kappa shape index (κ1) is 10.8. The molecule has 0 aliphatic heterocycles. The Bertz CT molecular complexity index is 560. The van der Waals surface area contributed by atoms with Gasteiger partial charge in [0.2, 0.25) is 0 Å². The van der Waals surface area contributed by atoms with Crippen LogP contribution in [0.5, 0.6) is 0 Å². The number of hydrogen-bond acceptors (Lipinski definition) is 1. The van der Waals surface area contributed by atoms with E-state index >= 15 is 0 Å². The van der Waals surface area contributed by atoms with Gasteiger partial charge in [-0.25, -0.2) is 0 Å². The molecule has 2 nitrogen and oxygen atoms in total. The number of H-pyrrole nitrogens is 1. The SMILES string of the molecule is CC(C)(O)c1ccc2[nH]c3c(c2c1)CCCC3. The molecule has 0 spiro atoms. The predicted molar refractivity (Wildman–Crippen MR) is 70.2 cm³/mol. The van der Waals surface area contributed by atoms with Crippen molar-refractivity contribution in [2.45, 2.75) is 45.1 Å². The number of aryl methyl sites for hydroxylation is 2. The molecular formula is C15H19NO. The highest BCUT2D eigenvalue weighted by atomic mass is 16.3. The fourth-order valence-corrected chi connectivity index (χ4v) is 2.79. The Balaban J connectivity index is 2.21. The zero-order chi connectivity index (χ0) is 12.0. The molecule has 17 heavy (non-hydrogen) atoms. The number of nitrogens with one attached hydrogen (secondary N) is 1. The first-order chi connectivity index (χ1) is 8.05. The summed E-state index contributed by atoms with van der Waals surface area (Å²) in [6, 6.07) is 6.27. The maximum atomic E-state index is 10.1. The van der Waals surface area contributed by atoms with Crippen molar-refractivity contribution in [2.24, 2.45) is 0 Å². The van der Waals surface area contributed by atoms with Crippen molar-refractivity contribution in [2.75, 3.05) is 0 Å². The van der Waals surface area contributed by atoms with E-state index < -0.39 is 5.60 Å². The molecule has 3 rings (SSSR count). The Kier molecular flexibility index (Phi) is 2.30. The molecule has 1 aromatic carbocycles. The van der Waals surface area contributed by atoms with E-state index in [1.807, 2.05) is 19.9 Å². The van der Waals surface area contributed by atoms with Crippen LogP contribution in [0.4, 0.5) is 0 Å². The van der Waals surface area contributed by atoms with Crippen molar-refractivity contribution < 1.29 is 5.11 Å². The summed E-state index contributed by atoms with van der Waals surface area (Å²) in [5.74, 6) is 0. The van der Waals surface area contributed by atoms with Crippen LogP contribution in [0, 0.1) is 0 Å². The van der Waals surface area contributed by atoms with Gasteiger partial charge in [0, 0.05) is 16.6 Å².